The molecule has 1 amide bonds. The smallest absolute Gasteiger partial charge is 0.323 e. The Morgan fingerprint density at radius 2 is 1.24 bits per heavy atom. The van der Waals surface area contributed by atoms with Gasteiger partial charge in [-0.15, -0.1) is 0 Å². The summed E-state index contributed by atoms with van der Waals surface area (Å²) in [6, 6.07) is 5.24. The lowest BCUT2D eigenvalue weighted by atomic mass is 10.1. The molecule has 1 aromatic carbocycles. The predicted octanol–water partition coefficient (Wildman–Crippen LogP) is -2.43. The van der Waals surface area contributed by atoms with Crippen molar-refractivity contribution in [2.24, 2.45) is 34.6 Å². The minimum atomic E-state index is -1.21. The normalized spacial score (nSPS) is 16.4. The molecule has 1 saturated heterocycles. The minimum Gasteiger partial charge on any atom is -0.480 e. The Morgan fingerprint density at radius 1 is 0.778 bits per heavy atom. The van der Waals surface area contributed by atoms with E-state index in [9.17, 15) is 28.8 Å². The Kier molecular flexibility index (Phi) is 25.3. The first-order valence-corrected chi connectivity index (χ1v) is 13.5. The van der Waals surface area contributed by atoms with E-state index < -0.39 is 66.0 Å². The number of aliphatic hydroxyl groups excluding tert-OH is 1. The van der Waals surface area contributed by atoms with Crippen molar-refractivity contribution in [3.05, 3.63) is 35.9 Å². The first-order valence-electron chi connectivity index (χ1n) is 13.5. The molecule has 1 fully saturated rings. The van der Waals surface area contributed by atoms with Crippen LogP contribution in [0.5, 0.6) is 0 Å². The first-order chi connectivity index (χ1) is 20.6. The number of rotatable bonds is 11. The zero-order chi connectivity index (χ0) is 35.9. The molecule has 17 N–H and O–H groups in total. The zero-order valence-electron chi connectivity index (χ0n) is 25.5. The average Bonchev–Trinajstić information content (AvgIpc) is 3.49. The van der Waals surface area contributed by atoms with Crippen molar-refractivity contribution in [2.75, 3.05) is 6.54 Å². The molecule has 0 aliphatic carbocycles. The van der Waals surface area contributed by atoms with Crippen LogP contribution in [0.25, 0.3) is 0 Å². The fourth-order valence-corrected chi connectivity index (χ4v) is 2.65. The van der Waals surface area contributed by atoms with Gasteiger partial charge in [0, 0.05) is 0 Å². The number of carboxylic acids is 5. The third-order valence-corrected chi connectivity index (χ3v) is 5.52. The Bertz CT molecular complexity index is 996. The number of aliphatic hydroxyl groups is 1. The summed E-state index contributed by atoms with van der Waals surface area (Å²) in [5.41, 5.74) is 25.9. The third-order valence-electron chi connectivity index (χ3n) is 5.52. The second-order valence-electron chi connectivity index (χ2n) is 9.95. The van der Waals surface area contributed by atoms with Gasteiger partial charge in [0.25, 0.3) is 0 Å². The Labute approximate surface area is 260 Å². The van der Waals surface area contributed by atoms with Crippen LogP contribution in [0.4, 0.5) is 0 Å². The van der Waals surface area contributed by atoms with Crippen molar-refractivity contribution >= 4 is 35.8 Å². The van der Waals surface area contributed by atoms with E-state index in [1.807, 2.05) is 30.3 Å². The van der Waals surface area contributed by atoms with Crippen LogP contribution < -0.4 is 34.0 Å². The van der Waals surface area contributed by atoms with Crippen LogP contribution >= 0.6 is 0 Å². The van der Waals surface area contributed by atoms with Crippen molar-refractivity contribution in [1.29, 1.82) is 0 Å². The van der Waals surface area contributed by atoms with Gasteiger partial charge >= 0.3 is 29.8 Å². The van der Waals surface area contributed by atoms with Crippen LogP contribution in [-0.2, 0) is 35.2 Å². The monoisotopic (exact) mass is 648 g/mol. The van der Waals surface area contributed by atoms with E-state index in [0.29, 0.717) is 6.42 Å². The molecular weight excluding hydrogens is 600 g/mol. The number of nitrogens with one attached hydrogen (secondary N) is 1. The predicted molar refractivity (Wildman–Crippen MR) is 162 cm³/mol. The van der Waals surface area contributed by atoms with E-state index >= 15 is 0 Å². The highest BCUT2D eigenvalue weighted by Crippen LogP contribution is 2.03. The van der Waals surface area contributed by atoms with Gasteiger partial charge in [-0.05, 0) is 44.2 Å². The molecule has 18 heteroatoms. The van der Waals surface area contributed by atoms with Crippen LogP contribution in [0, 0.1) is 5.92 Å². The zero-order valence-corrected chi connectivity index (χ0v) is 25.5. The molecule has 0 spiro atoms. The second kappa shape index (κ2) is 25.2. The molecule has 0 aromatic heterocycles. The van der Waals surface area contributed by atoms with Gasteiger partial charge in [-0.2, -0.15) is 0 Å². The van der Waals surface area contributed by atoms with E-state index in [2.05, 4.69) is 11.1 Å². The van der Waals surface area contributed by atoms with Crippen molar-refractivity contribution < 1.29 is 59.4 Å². The molecule has 0 saturated carbocycles. The van der Waals surface area contributed by atoms with Crippen LogP contribution in [0.1, 0.15) is 45.6 Å². The van der Waals surface area contributed by atoms with E-state index in [4.69, 9.17) is 53.6 Å². The maximum absolute atomic E-state index is 10.4. The molecule has 258 valence electrons. The third kappa shape index (κ3) is 26.0. The van der Waals surface area contributed by atoms with Gasteiger partial charge < -0.3 is 64.6 Å². The maximum Gasteiger partial charge on any atom is 0.323 e. The number of carboxylic acid groups (broad SMARTS) is 5. The van der Waals surface area contributed by atoms with Crippen LogP contribution in [-0.4, -0.2) is 109 Å². The molecule has 45 heavy (non-hydrogen) atoms. The summed E-state index contributed by atoms with van der Waals surface area (Å²) in [5, 5.41) is 52.6. The van der Waals surface area contributed by atoms with Gasteiger partial charge in [-0.1, -0.05) is 44.2 Å². The van der Waals surface area contributed by atoms with E-state index in [0.717, 1.165) is 24.9 Å². The number of carbonyl (C=O) groups is 6. The van der Waals surface area contributed by atoms with Crippen molar-refractivity contribution in [2.45, 2.75) is 82.8 Å². The van der Waals surface area contributed by atoms with Gasteiger partial charge in [0.1, 0.15) is 30.2 Å². The number of aliphatic carboxylic acids is 5. The highest BCUT2D eigenvalue weighted by molar-refractivity contribution is 5.83. The minimum absolute atomic E-state index is 0.0208. The highest BCUT2D eigenvalue weighted by Gasteiger charge is 2.20. The number of nitrogens with two attached hydrogens (primary N) is 5. The molecule has 5 unspecified atom stereocenters. The summed E-state index contributed by atoms with van der Waals surface area (Å²) in [6.07, 6.45) is 0.880. The van der Waals surface area contributed by atoms with Gasteiger partial charge in [0.05, 0.1) is 12.5 Å². The number of hydrogen-bond donors (Lipinski definition) is 12. The van der Waals surface area contributed by atoms with Crippen molar-refractivity contribution in [3.8, 4) is 0 Å². The average molecular weight is 649 g/mol. The molecule has 18 nitrogen and oxygen atoms in total. The van der Waals surface area contributed by atoms with Crippen molar-refractivity contribution in [1.82, 2.24) is 5.32 Å². The lowest BCUT2D eigenvalue weighted by molar-refractivity contribution is -0.141. The number of carbonyl (C=O) groups excluding carboxylic acids is 1. The van der Waals surface area contributed by atoms with Gasteiger partial charge in [-0.25, -0.2) is 0 Å². The second-order valence-corrected chi connectivity index (χ2v) is 9.95. The van der Waals surface area contributed by atoms with Gasteiger partial charge in [0.2, 0.25) is 5.91 Å². The molecule has 0 radical (unpaired) electrons. The summed E-state index contributed by atoms with van der Waals surface area (Å²) >= 11 is 0. The van der Waals surface area contributed by atoms with E-state index in [1.54, 1.807) is 13.8 Å². The fourth-order valence-electron chi connectivity index (χ4n) is 2.65. The SMILES string of the molecule is CC(C)C(N)C(=O)O.CC(O)C(N)C(=O)O.NC(=O)CC(N)C(=O)O.NC(Cc1ccccc1)C(=O)O.O=C(O)[C@@H]1CCCN1. The summed E-state index contributed by atoms with van der Waals surface area (Å²) in [5.74, 6) is -5.69. The van der Waals surface area contributed by atoms with Gasteiger partial charge in [-0.3, -0.25) is 28.8 Å². The Balaban J connectivity index is -0.000000496. The summed E-state index contributed by atoms with van der Waals surface area (Å²) in [6.45, 7) is 5.74. The largest absolute Gasteiger partial charge is 0.480 e. The summed E-state index contributed by atoms with van der Waals surface area (Å²) in [7, 11) is 0. The van der Waals surface area contributed by atoms with Gasteiger partial charge in [0.15, 0.2) is 0 Å². The van der Waals surface area contributed by atoms with Crippen LogP contribution in [0.3, 0.4) is 0 Å². The highest BCUT2D eigenvalue weighted by atomic mass is 16.4. The first kappa shape index (κ1) is 45.2. The molecular formula is C27H48N6O12. The molecule has 1 aliphatic rings. The van der Waals surface area contributed by atoms with Crippen molar-refractivity contribution in [3.63, 3.8) is 0 Å². The number of hydrogen-bond acceptors (Lipinski definition) is 12. The van der Waals surface area contributed by atoms with E-state index in [1.165, 1.54) is 6.92 Å². The fraction of sp³-hybridized carbons (Fsp3) is 0.556. The number of primary amides is 1. The molecule has 0 bridgehead atoms. The van der Waals surface area contributed by atoms with Crippen LogP contribution in [0.2, 0.25) is 0 Å². The lowest BCUT2D eigenvalue weighted by Gasteiger charge is -2.07. The number of benzene rings is 1. The Hall–Kier alpha value is -4.20. The Morgan fingerprint density at radius 3 is 1.44 bits per heavy atom. The summed E-state index contributed by atoms with van der Waals surface area (Å²) in [4.78, 5) is 60.3. The van der Waals surface area contributed by atoms with E-state index in [-0.39, 0.29) is 18.4 Å². The maximum atomic E-state index is 10.4. The molecule has 6 atom stereocenters. The lowest BCUT2D eigenvalue weighted by Crippen LogP contribution is -2.39. The quantitative estimate of drug-likeness (QED) is 0.119. The molecule has 2 rings (SSSR count). The molecule has 1 aromatic rings. The number of amides is 1. The topological polar surface area (TPSA) is 366 Å². The standard InChI is InChI=1S/C9H11NO2.C5H9NO2.C5H11NO2.C4H8N2O3.C4H9NO3/c10-8(9(11)12)6-7-4-2-1-3-5-7;7-5(8)4-2-1-3-6-4;1-3(2)4(6)5(7)8;5-2(4(8)9)1-3(6)7;1-2(6)3(5)4(7)8/h1-5,8H,6,10H2,(H,11,12);4,6H,1-3H2,(H,7,8);3-4H,6H2,1-2H3,(H,7,8);2H,1,5H2,(H2,6,7)(H,8,9);2-3,6H,5H2,1H3,(H,7,8)/t;4-;;;/m.0.../s1. The summed E-state index contributed by atoms with van der Waals surface area (Å²) < 4.78 is 0. The molecule has 1 aliphatic heterocycles. The molecule has 1 heterocycles. The van der Waals surface area contributed by atoms with Crippen LogP contribution in [0.15, 0.2) is 30.3 Å².